The van der Waals surface area contributed by atoms with E-state index in [4.69, 9.17) is 9.84 Å². The predicted octanol–water partition coefficient (Wildman–Crippen LogP) is 1.31. The summed E-state index contributed by atoms with van der Waals surface area (Å²) >= 11 is 0. The van der Waals surface area contributed by atoms with Crippen molar-refractivity contribution >= 4 is 11.9 Å². The Kier molecular flexibility index (Phi) is 7.54. The minimum absolute atomic E-state index is 0.139. The van der Waals surface area contributed by atoms with Crippen LogP contribution in [0.5, 0.6) is 5.75 Å². The van der Waals surface area contributed by atoms with Crippen molar-refractivity contribution in [1.29, 1.82) is 0 Å². The molecule has 1 aromatic rings. The van der Waals surface area contributed by atoms with E-state index in [0.29, 0.717) is 5.75 Å². The SMILES string of the molecule is COC(=O)C(C)CN(CCO)C(=O)COc1c(C)cccc1C. The molecule has 0 spiro atoms. The zero-order chi connectivity index (χ0) is 17.4. The van der Waals surface area contributed by atoms with Gasteiger partial charge in [0, 0.05) is 13.1 Å². The third-order valence-corrected chi connectivity index (χ3v) is 3.57. The fourth-order valence-electron chi connectivity index (χ4n) is 2.30. The minimum atomic E-state index is -0.462. The maximum Gasteiger partial charge on any atom is 0.310 e. The quantitative estimate of drug-likeness (QED) is 0.730. The zero-order valence-electron chi connectivity index (χ0n) is 14.2. The van der Waals surface area contributed by atoms with Gasteiger partial charge in [-0.15, -0.1) is 0 Å². The molecule has 0 aliphatic heterocycles. The predicted molar refractivity (Wildman–Crippen MR) is 86.3 cm³/mol. The number of carbonyl (C=O) groups excluding carboxylic acids is 2. The van der Waals surface area contributed by atoms with E-state index in [0.717, 1.165) is 11.1 Å². The monoisotopic (exact) mass is 323 g/mol. The highest BCUT2D eigenvalue weighted by atomic mass is 16.5. The molecule has 1 aromatic carbocycles. The van der Waals surface area contributed by atoms with Crippen molar-refractivity contribution in [2.75, 3.05) is 33.4 Å². The van der Waals surface area contributed by atoms with E-state index < -0.39 is 11.9 Å². The summed E-state index contributed by atoms with van der Waals surface area (Å²) in [5.41, 5.74) is 1.91. The van der Waals surface area contributed by atoms with Crippen molar-refractivity contribution in [2.45, 2.75) is 20.8 Å². The van der Waals surface area contributed by atoms with Crippen molar-refractivity contribution in [3.05, 3.63) is 29.3 Å². The van der Waals surface area contributed by atoms with Crippen LogP contribution < -0.4 is 4.74 Å². The highest BCUT2D eigenvalue weighted by Gasteiger charge is 2.21. The molecular formula is C17H25NO5. The fourth-order valence-corrected chi connectivity index (χ4v) is 2.30. The van der Waals surface area contributed by atoms with Crippen molar-refractivity contribution in [3.8, 4) is 5.75 Å². The summed E-state index contributed by atoms with van der Waals surface area (Å²) in [4.78, 5) is 25.2. The largest absolute Gasteiger partial charge is 0.483 e. The van der Waals surface area contributed by atoms with Gasteiger partial charge in [0.1, 0.15) is 5.75 Å². The Morgan fingerprint density at radius 3 is 2.39 bits per heavy atom. The second-order valence-electron chi connectivity index (χ2n) is 5.50. The van der Waals surface area contributed by atoms with E-state index in [1.807, 2.05) is 32.0 Å². The Balaban J connectivity index is 2.69. The number of para-hydroxylation sites is 1. The molecule has 1 amide bonds. The third-order valence-electron chi connectivity index (χ3n) is 3.57. The molecule has 1 rings (SSSR count). The van der Waals surface area contributed by atoms with Crippen LogP contribution in [0.2, 0.25) is 0 Å². The fraction of sp³-hybridized carbons (Fsp3) is 0.529. The number of nitrogens with zero attached hydrogens (tertiary/aromatic N) is 1. The van der Waals surface area contributed by atoms with Crippen LogP contribution in [0, 0.1) is 19.8 Å². The lowest BCUT2D eigenvalue weighted by Crippen LogP contribution is -2.41. The molecule has 23 heavy (non-hydrogen) atoms. The van der Waals surface area contributed by atoms with Crippen LogP contribution in [0.1, 0.15) is 18.1 Å². The van der Waals surface area contributed by atoms with Crippen molar-refractivity contribution in [3.63, 3.8) is 0 Å². The second-order valence-corrected chi connectivity index (χ2v) is 5.50. The van der Waals surface area contributed by atoms with Gasteiger partial charge in [0.25, 0.3) is 5.91 Å². The number of methoxy groups -OCH3 is 1. The second kappa shape index (κ2) is 9.15. The van der Waals surface area contributed by atoms with Crippen LogP contribution >= 0.6 is 0 Å². The van der Waals surface area contributed by atoms with E-state index in [1.54, 1.807) is 6.92 Å². The third kappa shape index (κ3) is 5.56. The van der Waals surface area contributed by atoms with Crippen LogP contribution in [-0.2, 0) is 14.3 Å². The highest BCUT2D eigenvalue weighted by Crippen LogP contribution is 2.22. The number of hydrogen-bond acceptors (Lipinski definition) is 5. The molecule has 6 nitrogen and oxygen atoms in total. The molecule has 6 heteroatoms. The van der Waals surface area contributed by atoms with Crippen molar-refractivity contribution < 1.29 is 24.2 Å². The lowest BCUT2D eigenvalue weighted by atomic mass is 10.1. The Hall–Kier alpha value is -2.08. The van der Waals surface area contributed by atoms with Gasteiger partial charge >= 0.3 is 5.97 Å². The molecule has 0 aromatic heterocycles. The van der Waals surface area contributed by atoms with Gasteiger partial charge < -0.3 is 19.5 Å². The summed E-state index contributed by atoms with van der Waals surface area (Å²) < 4.78 is 10.3. The summed E-state index contributed by atoms with van der Waals surface area (Å²) in [5, 5.41) is 9.12. The maximum absolute atomic E-state index is 12.3. The van der Waals surface area contributed by atoms with Gasteiger partial charge in [-0.05, 0) is 25.0 Å². The highest BCUT2D eigenvalue weighted by molar-refractivity contribution is 5.79. The number of aliphatic hydroxyl groups excluding tert-OH is 1. The molecule has 0 fully saturated rings. The first kappa shape index (κ1) is 19.0. The van der Waals surface area contributed by atoms with Gasteiger partial charge in [-0.3, -0.25) is 9.59 Å². The summed E-state index contributed by atoms with van der Waals surface area (Å²) in [5.74, 6) is -0.449. The van der Waals surface area contributed by atoms with Gasteiger partial charge in [-0.25, -0.2) is 0 Å². The van der Waals surface area contributed by atoms with Crippen molar-refractivity contribution in [1.82, 2.24) is 4.90 Å². The molecule has 0 radical (unpaired) electrons. The van der Waals surface area contributed by atoms with Crippen molar-refractivity contribution in [2.24, 2.45) is 5.92 Å². The summed E-state index contributed by atoms with van der Waals surface area (Å²) in [6.07, 6.45) is 0. The number of amides is 1. The van der Waals surface area contributed by atoms with Crippen LogP contribution in [0.4, 0.5) is 0 Å². The first-order chi connectivity index (χ1) is 10.9. The molecule has 0 bridgehead atoms. The lowest BCUT2D eigenvalue weighted by molar-refractivity contribution is -0.146. The number of rotatable bonds is 8. The molecule has 0 saturated heterocycles. The van der Waals surface area contributed by atoms with E-state index in [-0.39, 0.29) is 32.2 Å². The summed E-state index contributed by atoms with van der Waals surface area (Å²) in [7, 11) is 1.31. The van der Waals surface area contributed by atoms with Gasteiger partial charge in [-0.2, -0.15) is 0 Å². The van der Waals surface area contributed by atoms with Gasteiger partial charge in [0.05, 0.1) is 19.6 Å². The van der Waals surface area contributed by atoms with Gasteiger partial charge in [0.15, 0.2) is 6.61 Å². The number of esters is 1. The number of aliphatic hydroxyl groups is 1. The van der Waals surface area contributed by atoms with Crippen LogP contribution in [-0.4, -0.2) is 55.3 Å². The van der Waals surface area contributed by atoms with E-state index in [2.05, 4.69) is 4.74 Å². The molecular weight excluding hydrogens is 298 g/mol. The minimum Gasteiger partial charge on any atom is -0.483 e. The average Bonchev–Trinajstić information content (AvgIpc) is 2.52. The van der Waals surface area contributed by atoms with E-state index >= 15 is 0 Å². The molecule has 1 unspecified atom stereocenters. The lowest BCUT2D eigenvalue weighted by Gasteiger charge is -2.24. The number of aryl methyl sites for hydroxylation is 2. The molecule has 0 saturated carbocycles. The van der Waals surface area contributed by atoms with Gasteiger partial charge in [-0.1, -0.05) is 25.1 Å². The smallest absolute Gasteiger partial charge is 0.310 e. The Labute approximate surface area is 137 Å². The normalized spacial score (nSPS) is 11.7. The first-order valence-electron chi connectivity index (χ1n) is 7.56. The molecule has 1 N–H and O–H groups in total. The first-order valence-corrected chi connectivity index (χ1v) is 7.56. The number of ether oxygens (including phenoxy) is 2. The van der Waals surface area contributed by atoms with Gasteiger partial charge in [0.2, 0.25) is 0 Å². The van der Waals surface area contributed by atoms with E-state index in [1.165, 1.54) is 12.0 Å². The topological polar surface area (TPSA) is 76.1 Å². The molecule has 0 aliphatic carbocycles. The number of carbonyl (C=O) groups is 2. The molecule has 0 aliphatic rings. The molecule has 128 valence electrons. The van der Waals surface area contributed by atoms with E-state index in [9.17, 15) is 9.59 Å². The average molecular weight is 323 g/mol. The molecule has 0 heterocycles. The van der Waals surface area contributed by atoms with Crippen LogP contribution in [0.15, 0.2) is 18.2 Å². The summed E-state index contributed by atoms with van der Waals surface area (Å²) in [6, 6.07) is 5.75. The number of hydrogen-bond donors (Lipinski definition) is 1. The Morgan fingerprint density at radius 2 is 1.87 bits per heavy atom. The summed E-state index contributed by atoms with van der Waals surface area (Å²) in [6.45, 7) is 5.52. The molecule has 1 atom stereocenters. The van der Waals surface area contributed by atoms with Crippen LogP contribution in [0.3, 0.4) is 0 Å². The Bertz CT molecular complexity index is 524. The zero-order valence-corrected chi connectivity index (χ0v) is 14.2. The standard InChI is InChI=1S/C17H25NO5/c1-12-6-5-7-13(2)16(12)23-11-15(20)18(8-9-19)10-14(3)17(21)22-4/h5-7,14,19H,8-11H2,1-4H3. The van der Waals surface area contributed by atoms with Crippen LogP contribution in [0.25, 0.3) is 0 Å². The Morgan fingerprint density at radius 1 is 1.26 bits per heavy atom. The maximum atomic E-state index is 12.3. The number of benzene rings is 1.